The molecule has 0 aliphatic heterocycles. The molecule has 0 bridgehead atoms. The van der Waals surface area contributed by atoms with Crippen molar-refractivity contribution >= 4 is 11.1 Å². The van der Waals surface area contributed by atoms with Gasteiger partial charge in [-0.25, -0.2) is 4.98 Å². The van der Waals surface area contributed by atoms with E-state index in [2.05, 4.69) is 17.1 Å². The number of aryl methyl sites for hydroxylation is 1. The minimum atomic E-state index is 0.407. The van der Waals surface area contributed by atoms with Crippen molar-refractivity contribution in [2.75, 3.05) is 0 Å². The zero-order valence-corrected chi connectivity index (χ0v) is 10.1. The van der Waals surface area contributed by atoms with Gasteiger partial charge >= 0.3 is 0 Å². The Kier molecular flexibility index (Phi) is 2.63. The van der Waals surface area contributed by atoms with Gasteiger partial charge in [0, 0.05) is 13.0 Å². The van der Waals surface area contributed by atoms with E-state index < -0.39 is 0 Å². The van der Waals surface area contributed by atoms with Gasteiger partial charge in [-0.15, -0.1) is 0 Å². The van der Waals surface area contributed by atoms with Crippen molar-refractivity contribution in [2.24, 2.45) is 5.73 Å². The lowest BCUT2D eigenvalue weighted by atomic mass is 9.82. The van der Waals surface area contributed by atoms with E-state index in [-0.39, 0.29) is 0 Å². The Labute approximate surface area is 101 Å². The predicted molar refractivity (Wildman–Crippen MR) is 67.9 cm³/mol. The molecular formula is C14H18N2O. The Hall–Kier alpha value is -1.35. The van der Waals surface area contributed by atoms with Crippen LogP contribution in [0.3, 0.4) is 0 Å². The Morgan fingerprint density at radius 3 is 2.76 bits per heavy atom. The van der Waals surface area contributed by atoms with Gasteiger partial charge in [0.15, 0.2) is 11.5 Å². The van der Waals surface area contributed by atoms with E-state index in [4.69, 9.17) is 10.2 Å². The summed E-state index contributed by atoms with van der Waals surface area (Å²) < 4.78 is 5.50. The van der Waals surface area contributed by atoms with Crippen molar-refractivity contribution in [3.63, 3.8) is 0 Å². The van der Waals surface area contributed by atoms with Crippen LogP contribution < -0.4 is 5.73 Å². The number of fused-ring (bicyclic) bond motifs is 1. The fourth-order valence-electron chi connectivity index (χ4n) is 2.77. The summed E-state index contributed by atoms with van der Waals surface area (Å²) >= 11 is 0. The van der Waals surface area contributed by atoms with E-state index in [9.17, 15) is 0 Å². The first-order valence-corrected chi connectivity index (χ1v) is 6.35. The highest BCUT2D eigenvalue weighted by Gasteiger charge is 2.20. The Morgan fingerprint density at radius 2 is 2.00 bits per heavy atom. The summed E-state index contributed by atoms with van der Waals surface area (Å²) in [5.74, 6) is 1.39. The normalized spacial score (nSPS) is 25.3. The highest BCUT2D eigenvalue weighted by atomic mass is 16.3. The maximum absolute atomic E-state index is 5.94. The highest BCUT2D eigenvalue weighted by Crippen LogP contribution is 2.33. The minimum Gasteiger partial charge on any atom is -0.441 e. The van der Waals surface area contributed by atoms with Crippen LogP contribution in [-0.2, 0) is 0 Å². The van der Waals surface area contributed by atoms with E-state index >= 15 is 0 Å². The van der Waals surface area contributed by atoms with Crippen LogP contribution in [0.25, 0.3) is 11.1 Å². The summed E-state index contributed by atoms with van der Waals surface area (Å²) in [7, 11) is 0. The quantitative estimate of drug-likeness (QED) is 0.818. The molecule has 0 spiro atoms. The Balaban J connectivity index is 1.89. The average Bonchev–Trinajstić information content (AvgIpc) is 2.69. The number of hydrogen-bond acceptors (Lipinski definition) is 3. The number of oxazole rings is 1. The van der Waals surface area contributed by atoms with Crippen LogP contribution in [0.15, 0.2) is 22.6 Å². The third-order valence-corrected chi connectivity index (χ3v) is 3.76. The molecule has 3 heteroatoms. The molecule has 90 valence electrons. The lowest BCUT2D eigenvalue weighted by Crippen LogP contribution is -2.25. The van der Waals surface area contributed by atoms with Gasteiger partial charge in [0.2, 0.25) is 0 Å². The van der Waals surface area contributed by atoms with Gasteiger partial charge in [-0.2, -0.15) is 0 Å². The molecule has 2 aromatic rings. The summed E-state index contributed by atoms with van der Waals surface area (Å²) in [6, 6.07) is 6.80. The average molecular weight is 230 g/mol. The van der Waals surface area contributed by atoms with Crippen LogP contribution in [0.2, 0.25) is 0 Å². The summed E-state index contributed by atoms with van der Waals surface area (Å²) in [6.45, 7) is 1.89. The van der Waals surface area contributed by atoms with Crippen LogP contribution in [0.1, 0.15) is 43.1 Å². The predicted octanol–water partition coefficient (Wildman–Crippen LogP) is 3.12. The van der Waals surface area contributed by atoms with Crippen molar-refractivity contribution in [1.29, 1.82) is 0 Å². The van der Waals surface area contributed by atoms with Crippen molar-refractivity contribution in [3.05, 3.63) is 29.7 Å². The van der Waals surface area contributed by atoms with Crippen molar-refractivity contribution in [1.82, 2.24) is 4.98 Å². The molecule has 2 N–H and O–H groups in total. The van der Waals surface area contributed by atoms with Gasteiger partial charge in [0.05, 0.1) is 0 Å². The van der Waals surface area contributed by atoms with Crippen LogP contribution in [-0.4, -0.2) is 11.0 Å². The van der Waals surface area contributed by atoms with E-state index in [0.717, 1.165) is 29.8 Å². The van der Waals surface area contributed by atoms with Gasteiger partial charge in [-0.3, -0.25) is 0 Å². The van der Waals surface area contributed by atoms with Crippen molar-refractivity contribution in [3.8, 4) is 0 Å². The fraction of sp³-hybridized carbons (Fsp3) is 0.500. The SMILES string of the molecule is Cc1nc2cc(C3CCC(N)CC3)ccc2o1. The van der Waals surface area contributed by atoms with E-state index in [1.807, 2.05) is 13.0 Å². The van der Waals surface area contributed by atoms with Crippen LogP contribution in [0.4, 0.5) is 0 Å². The molecule has 0 atom stereocenters. The largest absolute Gasteiger partial charge is 0.441 e. The van der Waals surface area contributed by atoms with Crippen LogP contribution >= 0.6 is 0 Å². The van der Waals surface area contributed by atoms with Gasteiger partial charge in [0.1, 0.15) is 5.52 Å². The molecule has 0 amide bonds. The molecule has 1 fully saturated rings. The zero-order chi connectivity index (χ0) is 11.8. The van der Waals surface area contributed by atoms with Gasteiger partial charge in [-0.1, -0.05) is 6.07 Å². The Morgan fingerprint density at radius 1 is 1.24 bits per heavy atom. The summed E-state index contributed by atoms with van der Waals surface area (Å²) in [5, 5.41) is 0. The molecule has 1 aromatic heterocycles. The molecule has 0 unspecified atom stereocenters. The van der Waals surface area contributed by atoms with Crippen molar-refractivity contribution in [2.45, 2.75) is 44.6 Å². The maximum Gasteiger partial charge on any atom is 0.192 e. The highest BCUT2D eigenvalue weighted by molar-refractivity contribution is 5.73. The first kappa shape index (κ1) is 10.8. The van der Waals surface area contributed by atoms with Gasteiger partial charge in [-0.05, 0) is 49.3 Å². The third-order valence-electron chi connectivity index (χ3n) is 3.76. The first-order valence-electron chi connectivity index (χ1n) is 6.35. The maximum atomic E-state index is 5.94. The Bertz CT molecular complexity index is 524. The molecular weight excluding hydrogens is 212 g/mol. The zero-order valence-electron chi connectivity index (χ0n) is 10.1. The standard InChI is InChI=1S/C14H18N2O/c1-9-16-13-8-11(4-7-14(13)17-9)10-2-5-12(15)6-3-10/h4,7-8,10,12H,2-3,5-6,15H2,1H3. The van der Waals surface area contributed by atoms with E-state index in [1.54, 1.807) is 0 Å². The third kappa shape index (κ3) is 2.07. The smallest absolute Gasteiger partial charge is 0.192 e. The molecule has 1 saturated carbocycles. The molecule has 17 heavy (non-hydrogen) atoms. The van der Waals surface area contributed by atoms with E-state index in [1.165, 1.54) is 18.4 Å². The number of nitrogens with two attached hydrogens (primary N) is 1. The molecule has 1 heterocycles. The topological polar surface area (TPSA) is 52.0 Å². The van der Waals surface area contributed by atoms with Gasteiger partial charge < -0.3 is 10.2 Å². The number of hydrogen-bond donors (Lipinski definition) is 1. The number of benzene rings is 1. The van der Waals surface area contributed by atoms with Crippen molar-refractivity contribution < 1.29 is 4.42 Å². The summed E-state index contributed by atoms with van der Waals surface area (Å²) in [6.07, 6.45) is 4.67. The number of aromatic nitrogens is 1. The molecule has 3 nitrogen and oxygen atoms in total. The number of rotatable bonds is 1. The second-order valence-corrected chi connectivity index (χ2v) is 5.07. The molecule has 1 aliphatic carbocycles. The molecule has 1 aromatic carbocycles. The molecule has 0 radical (unpaired) electrons. The lowest BCUT2D eigenvalue weighted by Gasteiger charge is -2.26. The monoisotopic (exact) mass is 230 g/mol. The second-order valence-electron chi connectivity index (χ2n) is 5.07. The van der Waals surface area contributed by atoms with E-state index in [0.29, 0.717) is 12.0 Å². The second kappa shape index (κ2) is 4.15. The van der Waals surface area contributed by atoms with Crippen LogP contribution in [0, 0.1) is 6.92 Å². The first-order chi connectivity index (χ1) is 8.22. The molecule has 0 saturated heterocycles. The lowest BCUT2D eigenvalue weighted by molar-refractivity contribution is 0.396. The summed E-state index contributed by atoms with van der Waals surface area (Å²) in [4.78, 5) is 4.39. The van der Waals surface area contributed by atoms with Gasteiger partial charge in [0.25, 0.3) is 0 Å². The summed E-state index contributed by atoms with van der Waals surface area (Å²) in [5.41, 5.74) is 9.20. The van der Waals surface area contributed by atoms with Crippen LogP contribution in [0.5, 0.6) is 0 Å². The minimum absolute atomic E-state index is 0.407. The fourth-order valence-corrected chi connectivity index (χ4v) is 2.77. The number of nitrogens with zero attached hydrogens (tertiary/aromatic N) is 1. The molecule has 3 rings (SSSR count). The molecule has 1 aliphatic rings.